The lowest BCUT2D eigenvalue weighted by molar-refractivity contribution is 0.407. The third-order valence-electron chi connectivity index (χ3n) is 1.62. The SMILES string of the molecule is NCCc1noc(-c2ccc(Br)o2)n1. The Morgan fingerprint density at radius 3 is 2.93 bits per heavy atom. The summed E-state index contributed by atoms with van der Waals surface area (Å²) in [6.45, 7) is 0.501. The van der Waals surface area contributed by atoms with E-state index < -0.39 is 0 Å². The highest BCUT2D eigenvalue weighted by atomic mass is 79.9. The molecule has 0 aliphatic heterocycles. The molecule has 0 aromatic carbocycles. The van der Waals surface area contributed by atoms with Gasteiger partial charge in [-0.1, -0.05) is 5.16 Å². The summed E-state index contributed by atoms with van der Waals surface area (Å²) in [6.07, 6.45) is 0.603. The van der Waals surface area contributed by atoms with Gasteiger partial charge >= 0.3 is 0 Å². The minimum Gasteiger partial charge on any atom is -0.444 e. The molecule has 2 aromatic heterocycles. The average Bonchev–Trinajstić information content (AvgIpc) is 2.74. The van der Waals surface area contributed by atoms with E-state index in [2.05, 4.69) is 26.1 Å². The summed E-state index contributed by atoms with van der Waals surface area (Å²) in [5.41, 5.74) is 5.36. The Morgan fingerprint density at radius 1 is 1.43 bits per heavy atom. The normalized spacial score (nSPS) is 10.7. The van der Waals surface area contributed by atoms with E-state index in [0.717, 1.165) is 0 Å². The van der Waals surface area contributed by atoms with Crippen molar-refractivity contribution < 1.29 is 8.94 Å². The molecular formula is C8H8BrN3O2. The Balaban J connectivity index is 2.24. The second kappa shape index (κ2) is 3.93. The summed E-state index contributed by atoms with van der Waals surface area (Å²) in [6, 6.07) is 3.52. The maximum absolute atomic E-state index is 5.36. The topological polar surface area (TPSA) is 78.1 Å². The summed E-state index contributed by atoms with van der Waals surface area (Å²) in [7, 11) is 0. The zero-order valence-electron chi connectivity index (χ0n) is 7.24. The van der Waals surface area contributed by atoms with Gasteiger partial charge in [-0.3, -0.25) is 0 Å². The molecule has 0 aliphatic rings. The van der Waals surface area contributed by atoms with Gasteiger partial charge in [0, 0.05) is 6.42 Å². The number of furan rings is 1. The van der Waals surface area contributed by atoms with E-state index >= 15 is 0 Å². The van der Waals surface area contributed by atoms with Gasteiger partial charge < -0.3 is 14.7 Å². The van der Waals surface area contributed by atoms with Crippen LogP contribution in [0.4, 0.5) is 0 Å². The highest BCUT2D eigenvalue weighted by Gasteiger charge is 2.11. The number of halogens is 1. The minimum absolute atomic E-state index is 0.374. The van der Waals surface area contributed by atoms with E-state index in [4.69, 9.17) is 14.7 Å². The van der Waals surface area contributed by atoms with Crippen LogP contribution in [0.25, 0.3) is 11.7 Å². The molecule has 0 bridgehead atoms. The number of rotatable bonds is 3. The van der Waals surface area contributed by atoms with Gasteiger partial charge in [-0.05, 0) is 34.6 Å². The zero-order chi connectivity index (χ0) is 9.97. The number of aromatic nitrogens is 2. The molecule has 0 fully saturated rings. The Kier molecular flexibility index (Phi) is 2.64. The quantitative estimate of drug-likeness (QED) is 0.904. The van der Waals surface area contributed by atoms with Gasteiger partial charge in [-0.15, -0.1) is 0 Å². The summed E-state index contributed by atoms with van der Waals surface area (Å²) in [5.74, 6) is 1.52. The highest BCUT2D eigenvalue weighted by Crippen LogP contribution is 2.23. The van der Waals surface area contributed by atoms with E-state index in [0.29, 0.717) is 35.1 Å². The first-order valence-corrected chi connectivity index (χ1v) is 4.87. The lowest BCUT2D eigenvalue weighted by Gasteiger charge is -1.84. The Morgan fingerprint density at radius 2 is 2.29 bits per heavy atom. The van der Waals surface area contributed by atoms with Crippen LogP contribution in [0.15, 0.2) is 25.7 Å². The van der Waals surface area contributed by atoms with Crippen LogP contribution < -0.4 is 5.73 Å². The van der Waals surface area contributed by atoms with Crippen LogP contribution in [-0.2, 0) is 6.42 Å². The van der Waals surface area contributed by atoms with Crippen molar-refractivity contribution in [3.05, 3.63) is 22.6 Å². The van der Waals surface area contributed by atoms with Crippen LogP contribution in [-0.4, -0.2) is 16.7 Å². The van der Waals surface area contributed by atoms with E-state index in [1.165, 1.54) is 0 Å². The van der Waals surface area contributed by atoms with Crippen molar-refractivity contribution in [3.63, 3.8) is 0 Å². The summed E-state index contributed by atoms with van der Waals surface area (Å²) >= 11 is 3.19. The van der Waals surface area contributed by atoms with Gasteiger partial charge in [-0.2, -0.15) is 4.98 Å². The van der Waals surface area contributed by atoms with Crippen molar-refractivity contribution in [3.8, 4) is 11.7 Å². The molecule has 2 aromatic rings. The van der Waals surface area contributed by atoms with E-state index in [1.807, 2.05) is 0 Å². The molecule has 2 rings (SSSR count). The monoisotopic (exact) mass is 257 g/mol. The van der Waals surface area contributed by atoms with Crippen LogP contribution >= 0.6 is 15.9 Å². The fourth-order valence-electron chi connectivity index (χ4n) is 1.01. The fourth-order valence-corrected chi connectivity index (χ4v) is 1.32. The molecule has 14 heavy (non-hydrogen) atoms. The van der Waals surface area contributed by atoms with Gasteiger partial charge in [0.15, 0.2) is 16.3 Å². The standard InChI is InChI=1S/C8H8BrN3O2/c9-6-2-1-5(13-6)8-11-7(3-4-10)12-14-8/h1-2H,3-4,10H2. The van der Waals surface area contributed by atoms with Crippen LogP contribution in [0.5, 0.6) is 0 Å². The number of nitrogens with two attached hydrogens (primary N) is 1. The molecule has 0 spiro atoms. The summed E-state index contributed by atoms with van der Waals surface area (Å²) in [4.78, 5) is 4.11. The second-order valence-corrected chi connectivity index (χ2v) is 3.44. The van der Waals surface area contributed by atoms with Crippen molar-refractivity contribution in [2.75, 3.05) is 6.54 Å². The molecule has 0 unspecified atom stereocenters. The molecule has 0 saturated heterocycles. The van der Waals surface area contributed by atoms with Crippen molar-refractivity contribution in [2.45, 2.75) is 6.42 Å². The molecule has 2 heterocycles. The van der Waals surface area contributed by atoms with Gasteiger partial charge in [0.1, 0.15) is 0 Å². The van der Waals surface area contributed by atoms with Gasteiger partial charge in [0.25, 0.3) is 5.89 Å². The molecule has 0 atom stereocenters. The van der Waals surface area contributed by atoms with E-state index in [1.54, 1.807) is 12.1 Å². The Bertz CT molecular complexity index is 424. The molecule has 74 valence electrons. The first kappa shape index (κ1) is 9.42. The fraction of sp³-hybridized carbons (Fsp3) is 0.250. The first-order valence-electron chi connectivity index (χ1n) is 4.08. The predicted molar refractivity (Wildman–Crippen MR) is 52.5 cm³/mol. The van der Waals surface area contributed by atoms with Crippen molar-refractivity contribution in [1.29, 1.82) is 0 Å². The molecule has 0 saturated carbocycles. The second-order valence-electron chi connectivity index (χ2n) is 2.66. The molecular weight excluding hydrogens is 250 g/mol. The third kappa shape index (κ3) is 1.85. The lowest BCUT2D eigenvalue weighted by atomic mass is 10.4. The smallest absolute Gasteiger partial charge is 0.293 e. The zero-order valence-corrected chi connectivity index (χ0v) is 8.82. The van der Waals surface area contributed by atoms with Crippen LogP contribution in [0.2, 0.25) is 0 Å². The van der Waals surface area contributed by atoms with Crippen molar-refractivity contribution >= 4 is 15.9 Å². The van der Waals surface area contributed by atoms with Crippen molar-refractivity contribution in [1.82, 2.24) is 10.1 Å². The summed E-state index contributed by atoms with van der Waals surface area (Å²) in [5, 5.41) is 3.75. The molecule has 0 aliphatic carbocycles. The molecule has 0 radical (unpaired) electrons. The predicted octanol–water partition coefficient (Wildman–Crippen LogP) is 1.59. The Hall–Kier alpha value is -1.14. The number of nitrogens with zero attached hydrogens (tertiary/aromatic N) is 2. The van der Waals surface area contributed by atoms with Crippen LogP contribution in [0.1, 0.15) is 5.82 Å². The maximum Gasteiger partial charge on any atom is 0.293 e. The third-order valence-corrected chi connectivity index (χ3v) is 2.05. The lowest BCUT2D eigenvalue weighted by Crippen LogP contribution is -2.03. The van der Waals surface area contributed by atoms with Gasteiger partial charge in [-0.25, -0.2) is 0 Å². The number of hydrogen-bond donors (Lipinski definition) is 1. The van der Waals surface area contributed by atoms with Gasteiger partial charge in [0.2, 0.25) is 0 Å². The first-order chi connectivity index (χ1) is 6.79. The van der Waals surface area contributed by atoms with E-state index in [9.17, 15) is 0 Å². The van der Waals surface area contributed by atoms with Crippen molar-refractivity contribution in [2.24, 2.45) is 5.73 Å². The van der Waals surface area contributed by atoms with Gasteiger partial charge in [0.05, 0.1) is 0 Å². The molecule has 0 amide bonds. The number of hydrogen-bond acceptors (Lipinski definition) is 5. The molecule has 2 N–H and O–H groups in total. The average molecular weight is 258 g/mol. The van der Waals surface area contributed by atoms with E-state index in [-0.39, 0.29) is 0 Å². The highest BCUT2D eigenvalue weighted by molar-refractivity contribution is 9.10. The largest absolute Gasteiger partial charge is 0.444 e. The molecule has 6 heteroatoms. The Labute approximate surface area is 88.4 Å². The minimum atomic E-state index is 0.374. The maximum atomic E-state index is 5.36. The van der Waals surface area contributed by atoms with Crippen LogP contribution in [0, 0.1) is 0 Å². The summed E-state index contributed by atoms with van der Waals surface area (Å²) < 4.78 is 10.9. The van der Waals surface area contributed by atoms with Crippen LogP contribution in [0.3, 0.4) is 0 Å². The molecule has 5 nitrogen and oxygen atoms in total.